The number of rotatable bonds is 5. The molecule has 1 saturated carbocycles. The van der Waals surface area contributed by atoms with Gasteiger partial charge in [-0.15, -0.1) is 0 Å². The lowest BCUT2D eigenvalue weighted by atomic mass is 10.0. The van der Waals surface area contributed by atoms with Gasteiger partial charge in [-0.2, -0.15) is 0 Å². The van der Waals surface area contributed by atoms with E-state index in [-0.39, 0.29) is 23.5 Å². The quantitative estimate of drug-likeness (QED) is 0.704. The van der Waals surface area contributed by atoms with E-state index in [4.69, 9.17) is 4.74 Å². The van der Waals surface area contributed by atoms with E-state index >= 15 is 0 Å². The van der Waals surface area contributed by atoms with Crippen molar-refractivity contribution >= 4 is 20.7 Å². The number of alkyl halides is 2. The van der Waals surface area contributed by atoms with E-state index in [0.29, 0.717) is 27.8 Å². The first-order chi connectivity index (χ1) is 13.1. The van der Waals surface area contributed by atoms with E-state index in [2.05, 4.69) is 4.98 Å². The monoisotopic (exact) mass is 408 g/mol. The molecule has 1 unspecified atom stereocenters. The maximum Gasteiger partial charge on any atom is 0.272 e. The summed E-state index contributed by atoms with van der Waals surface area (Å²) in [4.78, 5) is 14.8. The van der Waals surface area contributed by atoms with Gasteiger partial charge in [0.05, 0.1) is 17.4 Å². The largest absolute Gasteiger partial charge is 0.492 e. The number of aromatic nitrogens is 2. The van der Waals surface area contributed by atoms with E-state index in [1.165, 1.54) is 24.4 Å². The standard InChI is InChI=1S/C19H18F2N2O4S/c1-23-9-15(13-5-6-22-18(24)17(13)23)14-7-12(28(2,25)26)3-4-16(14)27-10-11-8-19(11,20)21/h3-7,9,11H,8,10H2,1-2H3,(H,22,24). The first-order valence-electron chi connectivity index (χ1n) is 8.60. The average molecular weight is 408 g/mol. The molecule has 1 aromatic carbocycles. The molecule has 4 rings (SSSR count). The summed E-state index contributed by atoms with van der Waals surface area (Å²) in [6.45, 7) is -0.163. The minimum absolute atomic E-state index is 0.0773. The number of pyridine rings is 1. The van der Waals surface area contributed by atoms with Gasteiger partial charge in [-0.3, -0.25) is 4.79 Å². The van der Waals surface area contributed by atoms with E-state index in [0.717, 1.165) is 6.26 Å². The van der Waals surface area contributed by atoms with Crippen molar-refractivity contribution in [3.63, 3.8) is 0 Å². The highest BCUT2D eigenvalue weighted by Crippen LogP contribution is 2.49. The summed E-state index contributed by atoms with van der Waals surface area (Å²) >= 11 is 0. The molecule has 1 N–H and O–H groups in total. The van der Waals surface area contributed by atoms with Crippen LogP contribution < -0.4 is 10.3 Å². The van der Waals surface area contributed by atoms with Crippen LogP contribution in [0, 0.1) is 5.92 Å². The van der Waals surface area contributed by atoms with Crippen molar-refractivity contribution in [2.45, 2.75) is 17.2 Å². The Bertz CT molecular complexity index is 1240. The Labute approximate surface area is 159 Å². The molecule has 9 heteroatoms. The summed E-state index contributed by atoms with van der Waals surface area (Å²) in [6, 6.07) is 6.01. The van der Waals surface area contributed by atoms with Gasteiger partial charge >= 0.3 is 0 Å². The second kappa shape index (κ2) is 6.16. The van der Waals surface area contributed by atoms with Crippen molar-refractivity contribution < 1.29 is 21.9 Å². The molecule has 0 aliphatic heterocycles. The summed E-state index contributed by atoms with van der Waals surface area (Å²) < 4.78 is 57.7. The summed E-state index contributed by atoms with van der Waals surface area (Å²) in [5.41, 5.74) is 1.15. The van der Waals surface area contributed by atoms with E-state index in [1.807, 2.05) is 0 Å². The Hall–Kier alpha value is -2.68. The normalized spacial score (nSPS) is 18.4. The molecule has 0 bridgehead atoms. The van der Waals surface area contributed by atoms with Gasteiger partial charge in [0, 0.05) is 48.6 Å². The van der Waals surface area contributed by atoms with Gasteiger partial charge in [0.2, 0.25) is 0 Å². The number of nitrogens with one attached hydrogen (secondary N) is 1. The lowest BCUT2D eigenvalue weighted by molar-refractivity contribution is 0.0857. The first kappa shape index (κ1) is 18.7. The Balaban J connectivity index is 1.86. The third-order valence-electron chi connectivity index (χ3n) is 4.97. The smallest absolute Gasteiger partial charge is 0.272 e. The summed E-state index contributed by atoms with van der Waals surface area (Å²) in [5, 5.41) is 0.610. The molecule has 1 aliphatic carbocycles. The Morgan fingerprint density at radius 2 is 2.00 bits per heavy atom. The summed E-state index contributed by atoms with van der Waals surface area (Å²) in [7, 11) is -1.79. The van der Waals surface area contributed by atoms with Gasteiger partial charge in [0.1, 0.15) is 11.3 Å². The molecule has 28 heavy (non-hydrogen) atoms. The number of sulfone groups is 1. The predicted octanol–water partition coefficient (Wildman–Crippen LogP) is 2.97. The fourth-order valence-corrected chi connectivity index (χ4v) is 3.94. The van der Waals surface area contributed by atoms with Crippen LogP contribution in [0.3, 0.4) is 0 Å². The summed E-state index contributed by atoms with van der Waals surface area (Å²) in [5.74, 6) is -3.26. The second-order valence-electron chi connectivity index (χ2n) is 7.13. The van der Waals surface area contributed by atoms with Gasteiger partial charge < -0.3 is 14.3 Å². The van der Waals surface area contributed by atoms with Crippen LogP contribution >= 0.6 is 0 Å². The Morgan fingerprint density at radius 3 is 2.64 bits per heavy atom. The number of aryl methyl sites for hydroxylation is 1. The van der Waals surface area contributed by atoms with Crippen LogP contribution in [-0.2, 0) is 16.9 Å². The molecule has 0 radical (unpaired) electrons. The number of aromatic amines is 1. The molecule has 2 heterocycles. The highest BCUT2D eigenvalue weighted by atomic mass is 32.2. The number of benzene rings is 1. The minimum Gasteiger partial charge on any atom is -0.492 e. The van der Waals surface area contributed by atoms with Crippen molar-refractivity contribution in [1.82, 2.24) is 9.55 Å². The number of halogens is 2. The maximum absolute atomic E-state index is 13.2. The van der Waals surface area contributed by atoms with Gasteiger partial charge in [-0.1, -0.05) is 0 Å². The summed E-state index contributed by atoms with van der Waals surface area (Å²) in [6.07, 6.45) is 4.07. The molecular formula is C19H18F2N2O4S. The predicted molar refractivity (Wildman–Crippen MR) is 101 cm³/mol. The molecule has 1 fully saturated rings. The Kier molecular flexibility index (Phi) is 4.11. The number of hydrogen-bond acceptors (Lipinski definition) is 4. The maximum atomic E-state index is 13.2. The Morgan fingerprint density at radius 1 is 1.29 bits per heavy atom. The van der Waals surface area contributed by atoms with Crippen LogP contribution in [0.5, 0.6) is 5.75 Å². The first-order valence-corrected chi connectivity index (χ1v) is 10.5. The highest BCUT2D eigenvalue weighted by molar-refractivity contribution is 7.90. The van der Waals surface area contributed by atoms with Gasteiger partial charge in [0.15, 0.2) is 9.84 Å². The third-order valence-corrected chi connectivity index (χ3v) is 6.08. The molecule has 1 atom stereocenters. The molecule has 0 saturated heterocycles. The molecule has 148 valence electrons. The van der Waals surface area contributed by atoms with Crippen molar-refractivity contribution in [3.8, 4) is 16.9 Å². The molecule has 0 amide bonds. The van der Waals surface area contributed by atoms with Gasteiger partial charge in [-0.25, -0.2) is 17.2 Å². The topological polar surface area (TPSA) is 81.2 Å². The minimum atomic E-state index is -3.49. The fraction of sp³-hybridized carbons (Fsp3) is 0.316. The lowest BCUT2D eigenvalue weighted by Crippen LogP contribution is -2.07. The van der Waals surface area contributed by atoms with Crippen LogP contribution in [0.1, 0.15) is 6.42 Å². The molecule has 2 aromatic heterocycles. The van der Waals surface area contributed by atoms with E-state index < -0.39 is 21.7 Å². The van der Waals surface area contributed by atoms with Crippen molar-refractivity contribution in [2.75, 3.05) is 12.9 Å². The van der Waals surface area contributed by atoms with Crippen molar-refractivity contribution in [2.24, 2.45) is 13.0 Å². The average Bonchev–Trinajstić information content (AvgIpc) is 3.07. The van der Waals surface area contributed by atoms with Crippen molar-refractivity contribution in [3.05, 3.63) is 47.0 Å². The fourth-order valence-electron chi connectivity index (χ4n) is 3.30. The molecule has 0 spiro atoms. The van der Waals surface area contributed by atoms with Crippen molar-refractivity contribution in [1.29, 1.82) is 0 Å². The zero-order chi connectivity index (χ0) is 20.3. The third kappa shape index (κ3) is 3.19. The molecule has 1 aliphatic rings. The van der Waals surface area contributed by atoms with E-state index in [9.17, 15) is 22.0 Å². The highest BCUT2D eigenvalue weighted by Gasteiger charge is 2.57. The number of fused-ring (bicyclic) bond motifs is 1. The van der Waals surface area contributed by atoms with E-state index in [1.54, 1.807) is 23.9 Å². The molecular weight excluding hydrogens is 390 g/mol. The van der Waals surface area contributed by atoms with Crippen LogP contribution in [0.25, 0.3) is 22.0 Å². The number of ether oxygens (including phenoxy) is 1. The zero-order valence-corrected chi connectivity index (χ0v) is 16.0. The zero-order valence-electron chi connectivity index (χ0n) is 15.2. The second-order valence-corrected chi connectivity index (χ2v) is 9.14. The van der Waals surface area contributed by atoms with Crippen LogP contribution in [0.2, 0.25) is 0 Å². The van der Waals surface area contributed by atoms with Crippen LogP contribution in [-0.4, -0.2) is 36.8 Å². The number of hydrogen-bond donors (Lipinski definition) is 1. The van der Waals surface area contributed by atoms with Crippen LogP contribution in [0.15, 0.2) is 46.3 Å². The molecule has 6 nitrogen and oxygen atoms in total. The lowest BCUT2D eigenvalue weighted by Gasteiger charge is -2.13. The SMILES string of the molecule is Cn1cc(-c2cc(S(C)(=O)=O)ccc2OCC2CC2(F)F)c2cc[nH]c(=O)c21. The van der Waals surface area contributed by atoms with Gasteiger partial charge in [0.25, 0.3) is 11.5 Å². The number of H-pyrrole nitrogens is 1. The number of nitrogens with zero attached hydrogens (tertiary/aromatic N) is 1. The van der Waals surface area contributed by atoms with Crippen LogP contribution in [0.4, 0.5) is 8.78 Å². The molecule has 3 aromatic rings. The van der Waals surface area contributed by atoms with Gasteiger partial charge in [-0.05, 0) is 24.3 Å².